The van der Waals surface area contributed by atoms with Crippen molar-refractivity contribution in [1.82, 2.24) is 29.9 Å². The van der Waals surface area contributed by atoms with Gasteiger partial charge >= 0.3 is 0 Å². The average Bonchev–Trinajstić information content (AvgIpc) is 3.23. The average molecular weight is 481 g/mol. The molecule has 8 nitrogen and oxygen atoms in total. The summed E-state index contributed by atoms with van der Waals surface area (Å²) < 4.78 is 7.35. The first-order valence-electron chi connectivity index (χ1n) is 11.7. The van der Waals surface area contributed by atoms with Crippen LogP contribution in [-0.2, 0) is 17.9 Å². The van der Waals surface area contributed by atoms with Crippen molar-refractivity contribution in [2.24, 2.45) is 0 Å². The highest BCUT2D eigenvalue weighted by molar-refractivity contribution is 7.71. The van der Waals surface area contributed by atoms with Crippen molar-refractivity contribution >= 4 is 18.1 Å². The fourth-order valence-corrected chi connectivity index (χ4v) is 4.36. The molecule has 2 aromatic carbocycles. The standard InChI is InChI=1S/C25H32N6O2S/c1-33-22-10-8-21(9-11-22)24-27-28-25(34)31(24)19-23(32)26-12-5-13-29-14-16-30(17-15-29)18-20-6-3-2-4-7-20/h2-4,6-11H,5,12-19H2,1H3,(H,26,32)(H,28,34). The summed E-state index contributed by atoms with van der Waals surface area (Å²) in [5.74, 6) is 1.33. The van der Waals surface area contributed by atoms with Crippen LogP contribution in [0.1, 0.15) is 12.0 Å². The Bertz CT molecular complexity index is 1100. The van der Waals surface area contributed by atoms with E-state index in [0.29, 0.717) is 17.1 Å². The van der Waals surface area contributed by atoms with Crippen molar-refractivity contribution in [1.29, 1.82) is 0 Å². The van der Waals surface area contributed by atoms with Gasteiger partial charge in [-0.1, -0.05) is 30.3 Å². The summed E-state index contributed by atoms with van der Waals surface area (Å²) in [6.07, 6.45) is 0.923. The van der Waals surface area contributed by atoms with Crippen molar-refractivity contribution in [2.45, 2.75) is 19.5 Å². The normalized spacial score (nSPS) is 14.7. The van der Waals surface area contributed by atoms with E-state index in [-0.39, 0.29) is 12.5 Å². The van der Waals surface area contributed by atoms with E-state index in [1.807, 2.05) is 24.3 Å². The largest absolute Gasteiger partial charge is 0.497 e. The second-order valence-corrected chi connectivity index (χ2v) is 8.86. The number of piperazine rings is 1. The van der Waals surface area contributed by atoms with Gasteiger partial charge < -0.3 is 15.0 Å². The Labute approximate surface area is 205 Å². The number of ether oxygens (including phenoxy) is 1. The van der Waals surface area contributed by atoms with Crippen LogP contribution in [0.4, 0.5) is 0 Å². The second kappa shape index (κ2) is 11.9. The molecule has 9 heteroatoms. The first kappa shape index (κ1) is 24.1. The quantitative estimate of drug-likeness (QED) is 0.343. The highest BCUT2D eigenvalue weighted by Crippen LogP contribution is 2.20. The van der Waals surface area contributed by atoms with Gasteiger partial charge in [-0.3, -0.25) is 19.4 Å². The highest BCUT2D eigenvalue weighted by atomic mass is 32.1. The van der Waals surface area contributed by atoms with Crippen LogP contribution in [0.25, 0.3) is 11.4 Å². The predicted molar refractivity (Wildman–Crippen MR) is 135 cm³/mol. The third kappa shape index (κ3) is 6.53. The fourth-order valence-electron chi connectivity index (χ4n) is 4.17. The number of H-pyrrole nitrogens is 1. The highest BCUT2D eigenvalue weighted by Gasteiger charge is 2.17. The van der Waals surface area contributed by atoms with E-state index < -0.39 is 0 Å². The smallest absolute Gasteiger partial charge is 0.240 e. The van der Waals surface area contributed by atoms with Gasteiger partial charge in [0.05, 0.1) is 7.11 Å². The van der Waals surface area contributed by atoms with Gasteiger partial charge in [0.2, 0.25) is 5.91 Å². The fraction of sp³-hybridized carbons (Fsp3) is 0.400. The predicted octanol–water partition coefficient (Wildman–Crippen LogP) is 2.94. The number of rotatable bonds is 10. The van der Waals surface area contributed by atoms with Gasteiger partial charge in [-0.15, -0.1) is 0 Å². The maximum absolute atomic E-state index is 12.6. The number of methoxy groups -OCH3 is 1. The molecule has 1 aliphatic rings. The van der Waals surface area contributed by atoms with E-state index >= 15 is 0 Å². The van der Waals surface area contributed by atoms with E-state index in [4.69, 9.17) is 17.0 Å². The van der Waals surface area contributed by atoms with Crippen LogP contribution >= 0.6 is 12.2 Å². The van der Waals surface area contributed by atoms with Gasteiger partial charge in [-0.25, -0.2) is 0 Å². The number of hydrogen-bond donors (Lipinski definition) is 2. The van der Waals surface area contributed by atoms with E-state index in [1.54, 1.807) is 11.7 Å². The SMILES string of the molecule is COc1ccc(-c2n[nH]c(=S)n2CC(=O)NCCCN2CCN(Cc3ccccc3)CC2)cc1. The first-order chi connectivity index (χ1) is 16.6. The molecule has 0 atom stereocenters. The minimum atomic E-state index is -0.0695. The molecule has 4 rings (SSSR count). The molecule has 3 aromatic rings. The third-order valence-electron chi connectivity index (χ3n) is 6.10. The molecule has 0 saturated carbocycles. The molecule has 2 N–H and O–H groups in total. The lowest BCUT2D eigenvalue weighted by molar-refractivity contribution is -0.121. The summed E-state index contributed by atoms with van der Waals surface area (Å²) in [5.41, 5.74) is 2.24. The Balaban J connectivity index is 1.18. The zero-order valence-electron chi connectivity index (χ0n) is 19.6. The first-order valence-corrected chi connectivity index (χ1v) is 12.1. The molecule has 1 aromatic heterocycles. The molecule has 180 valence electrons. The van der Waals surface area contributed by atoms with Gasteiger partial charge in [0.1, 0.15) is 12.3 Å². The van der Waals surface area contributed by atoms with E-state index in [0.717, 1.165) is 57.0 Å². The molecule has 0 radical (unpaired) electrons. The molecular weight excluding hydrogens is 448 g/mol. The van der Waals surface area contributed by atoms with E-state index in [9.17, 15) is 4.79 Å². The van der Waals surface area contributed by atoms with Crippen LogP contribution in [0, 0.1) is 4.77 Å². The summed E-state index contributed by atoms with van der Waals surface area (Å²) in [5, 5.41) is 10.1. The van der Waals surface area contributed by atoms with Gasteiger partial charge in [0, 0.05) is 44.8 Å². The van der Waals surface area contributed by atoms with Gasteiger partial charge in [0.15, 0.2) is 10.6 Å². The summed E-state index contributed by atoms with van der Waals surface area (Å²) in [6.45, 7) is 7.07. The summed E-state index contributed by atoms with van der Waals surface area (Å²) in [4.78, 5) is 17.5. The summed E-state index contributed by atoms with van der Waals surface area (Å²) >= 11 is 5.34. The molecular formula is C25H32N6O2S. The Morgan fingerprint density at radius 2 is 1.76 bits per heavy atom. The lowest BCUT2D eigenvalue weighted by atomic mass is 10.2. The molecule has 2 heterocycles. The van der Waals surface area contributed by atoms with E-state index in [2.05, 4.69) is 55.6 Å². The zero-order valence-corrected chi connectivity index (χ0v) is 20.4. The lowest BCUT2D eigenvalue weighted by Gasteiger charge is -2.34. The zero-order chi connectivity index (χ0) is 23.8. The number of hydrogen-bond acceptors (Lipinski definition) is 6. The van der Waals surface area contributed by atoms with Crippen molar-refractivity contribution in [3.05, 3.63) is 64.9 Å². The van der Waals surface area contributed by atoms with Crippen LogP contribution in [0.5, 0.6) is 5.75 Å². The number of carbonyl (C=O) groups excluding carboxylic acids is 1. The number of aromatic nitrogens is 3. The topological polar surface area (TPSA) is 78.4 Å². The number of nitrogens with one attached hydrogen (secondary N) is 2. The lowest BCUT2D eigenvalue weighted by Crippen LogP contribution is -2.46. The molecule has 1 fully saturated rings. The number of aromatic amines is 1. The van der Waals surface area contributed by atoms with Crippen LogP contribution in [-0.4, -0.2) is 76.8 Å². The summed E-state index contributed by atoms with van der Waals surface area (Å²) in [7, 11) is 1.63. The van der Waals surface area contributed by atoms with Crippen LogP contribution in [0.3, 0.4) is 0 Å². The molecule has 0 unspecified atom stereocenters. The maximum atomic E-state index is 12.6. The monoisotopic (exact) mass is 480 g/mol. The van der Waals surface area contributed by atoms with Crippen LogP contribution < -0.4 is 10.1 Å². The van der Waals surface area contributed by atoms with Crippen LogP contribution in [0.2, 0.25) is 0 Å². The number of amides is 1. The molecule has 1 aliphatic heterocycles. The molecule has 0 aliphatic carbocycles. The third-order valence-corrected chi connectivity index (χ3v) is 6.41. The Hall–Kier alpha value is -3.01. The van der Waals surface area contributed by atoms with Gasteiger partial charge in [-0.05, 0) is 55.0 Å². The molecule has 0 bridgehead atoms. The number of carbonyl (C=O) groups is 1. The minimum absolute atomic E-state index is 0.0695. The maximum Gasteiger partial charge on any atom is 0.240 e. The van der Waals surface area contributed by atoms with Gasteiger partial charge in [-0.2, -0.15) is 5.10 Å². The number of nitrogens with zero attached hydrogens (tertiary/aromatic N) is 4. The van der Waals surface area contributed by atoms with Crippen molar-refractivity contribution in [3.8, 4) is 17.1 Å². The van der Waals surface area contributed by atoms with Crippen molar-refractivity contribution < 1.29 is 9.53 Å². The molecule has 0 spiro atoms. The molecule has 34 heavy (non-hydrogen) atoms. The molecule has 1 saturated heterocycles. The van der Waals surface area contributed by atoms with Gasteiger partial charge in [0.25, 0.3) is 0 Å². The van der Waals surface area contributed by atoms with Crippen molar-refractivity contribution in [3.63, 3.8) is 0 Å². The minimum Gasteiger partial charge on any atom is -0.497 e. The Kier molecular flexibility index (Phi) is 8.46. The van der Waals surface area contributed by atoms with Crippen molar-refractivity contribution in [2.75, 3.05) is 46.4 Å². The Morgan fingerprint density at radius 1 is 1.06 bits per heavy atom. The van der Waals surface area contributed by atoms with E-state index in [1.165, 1.54) is 5.56 Å². The van der Waals surface area contributed by atoms with Crippen LogP contribution in [0.15, 0.2) is 54.6 Å². The summed E-state index contributed by atoms with van der Waals surface area (Å²) in [6, 6.07) is 18.1. The number of benzene rings is 2. The second-order valence-electron chi connectivity index (χ2n) is 8.47. The molecule has 1 amide bonds. The Morgan fingerprint density at radius 3 is 2.47 bits per heavy atom.